The van der Waals surface area contributed by atoms with Crippen LogP contribution in [0.25, 0.3) is 0 Å². The van der Waals surface area contributed by atoms with Gasteiger partial charge in [0.25, 0.3) is 0 Å². The molecule has 100 valence electrons. The molecule has 1 atom stereocenters. The van der Waals surface area contributed by atoms with E-state index in [4.69, 9.17) is 10.5 Å². The maximum absolute atomic E-state index is 13.1. The molecule has 0 spiro atoms. The van der Waals surface area contributed by atoms with Crippen molar-refractivity contribution >= 4 is 5.97 Å². The summed E-state index contributed by atoms with van der Waals surface area (Å²) in [6.45, 7) is 3.90. The zero-order chi connectivity index (χ0) is 13.5. The van der Waals surface area contributed by atoms with Crippen molar-refractivity contribution < 1.29 is 13.9 Å². The van der Waals surface area contributed by atoms with Gasteiger partial charge in [0.05, 0.1) is 6.61 Å². The Hall–Kier alpha value is -1.42. The van der Waals surface area contributed by atoms with E-state index in [0.717, 1.165) is 5.56 Å². The fourth-order valence-electron chi connectivity index (χ4n) is 1.76. The van der Waals surface area contributed by atoms with E-state index in [9.17, 15) is 9.18 Å². The molecule has 0 radical (unpaired) electrons. The van der Waals surface area contributed by atoms with Crippen LogP contribution in [0.15, 0.2) is 18.2 Å². The topological polar surface area (TPSA) is 52.3 Å². The first-order valence-corrected chi connectivity index (χ1v) is 6.21. The monoisotopic (exact) mass is 253 g/mol. The van der Waals surface area contributed by atoms with Crippen LogP contribution in [-0.4, -0.2) is 12.6 Å². The molecule has 0 aromatic heterocycles. The second-order valence-electron chi connectivity index (χ2n) is 4.31. The van der Waals surface area contributed by atoms with E-state index in [2.05, 4.69) is 0 Å². The van der Waals surface area contributed by atoms with Gasteiger partial charge in [-0.2, -0.15) is 0 Å². The number of esters is 1. The van der Waals surface area contributed by atoms with Crippen LogP contribution >= 0.6 is 0 Å². The van der Waals surface area contributed by atoms with E-state index in [1.54, 1.807) is 26.0 Å². The SMILES string of the molecule is CCOC(=O)CCCC(N)c1ccc(F)c(C)c1. The second kappa shape index (κ2) is 7.11. The largest absolute Gasteiger partial charge is 0.466 e. The maximum atomic E-state index is 13.1. The number of aryl methyl sites for hydroxylation is 1. The minimum atomic E-state index is -0.225. The average molecular weight is 253 g/mol. The second-order valence-corrected chi connectivity index (χ2v) is 4.31. The lowest BCUT2D eigenvalue weighted by atomic mass is 10.00. The van der Waals surface area contributed by atoms with E-state index in [1.165, 1.54) is 6.07 Å². The first kappa shape index (κ1) is 14.6. The fourth-order valence-corrected chi connectivity index (χ4v) is 1.76. The summed E-state index contributed by atoms with van der Waals surface area (Å²) >= 11 is 0. The van der Waals surface area contributed by atoms with Gasteiger partial charge in [-0.1, -0.05) is 12.1 Å². The molecular weight excluding hydrogens is 233 g/mol. The number of nitrogens with two attached hydrogens (primary N) is 1. The number of carbonyl (C=O) groups excluding carboxylic acids is 1. The Morgan fingerprint density at radius 1 is 1.50 bits per heavy atom. The molecule has 2 N–H and O–H groups in total. The molecule has 18 heavy (non-hydrogen) atoms. The highest BCUT2D eigenvalue weighted by Crippen LogP contribution is 2.19. The Kier molecular flexibility index (Phi) is 5.78. The third kappa shape index (κ3) is 4.45. The number of ether oxygens (including phenoxy) is 1. The molecule has 0 heterocycles. The van der Waals surface area contributed by atoms with Crippen LogP contribution in [0.5, 0.6) is 0 Å². The Bertz CT molecular complexity index is 407. The number of hydrogen-bond acceptors (Lipinski definition) is 3. The summed E-state index contributed by atoms with van der Waals surface area (Å²) in [6, 6.07) is 4.70. The number of halogens is 1. The Morgan fingerprint density at radius 3 is 2.83 bits per heavy atom. The van der Waals surface area contributed by atoms with Crippen LogP contribution in [0.3, 0.4) is 0 Å². The minimum absolute atomic E-state index is 0.168. The van der Waals surface area contributed by atoms with Gasteiger partial charge in [0.2, 0.25) is 0 Å². The van der Waals surface area contributed by atoms with Crippen molar-refractivity contribution in [3.05, 3.63) is 35.1 Å². The molecule has 0 fully saturated rings. The molecule has 4 heteroatoms. The summed E-state index contributed by atoms with van der Waals surface area (Å²) in [5.74, 6) is -0.419. The van der Waals surface area contributed by atoms with Crippen molar-refractivity contribution in [1.82, 2.24) is 0 Å². The van der Waals surface area contributed by atoms with Crippen molar-refractivity contribution in [2.24, 2.45) is 5.73 Å². The number of rotatable bonds is 6. The molecule has 0 aliphatic heterocycles. The zero-order valence-electron chi connectivity index (χ0n) is 10.9. The smallest absolute Gasteiger partial charge is 0.305 e. The first-order valence-electron chi connectivity index (χ1n) is 6.21. The van der Waals surface area contributed by atoms with E-state index in [-0.39, 0.29) is 17.8 Å². The summed E-state index contributed by atoms with van der Waals surface area (Å²) in [4.78, 5) is 11.1. The van der Waals surface area contributed by atoms with Crippen LogP contribution in [-0.2, 0) is 9.53 Å². The summed E-state index contributed by atoms with van der Waals surface area (Å²) in [5.41, 5.74) is 7.49. The highest BCUT2D eigenvalue weighted by Gasteiger charge is 2.09. The summed E-state index contributed by atoms with van der Waals surface area (Å²) in [6.07, 6.45) is 1.74. The standard InChI is InChI=1S/C14H20FNO2/c1-3-18-14(17)6-4-5-13(16)11-7-8-12(15)10(2)9-11/h7-9,13H,3-6,16H2,1-2H3. The third-order valence-electron chi connectivity index (χ3n) is 2.81. The number of hydrogen-bond donors (Lipinski definition) is 1. The minimum Gasteiger partial charge on any atom is -0.466 e. The summed E-state index contributed by atoms with van der Waals surface area (Å²) < 4.78 is 17.9. The van der Waals surface area contributed by atoms with Gasteiger partial charge in [0, 0.05) is 12.5 Å². The maximum Gasteiger partial charge on any atom is 0.305 e. The van der Waals surface area contributed by atoms with Crippen molar-refractivity contribution in [1.29, 1.82) is 0 Å². The van der Waals surface area contributed by atoms with Crippen LogP contribution in [0.4, 0.5) is 4.39 Å². The van der Waals surface area contributed by atoms with Crippen molar-refractivity contribution in [3.8, 4) is 0 Å². The Labute approximate surface area is 107 Å². The van der Waals surface area contributed by atoms with Crippen molar-refractivity contribution in [2.45, 2.75) is 39.2 Å². The zero-order valence-corrected chi connectivity index (χ0v) is 10.9. The molecular formula is C14H20FNO2. The molecule has 0 aliphatic carbocycles. The van der Waals surface area contributed by atoms with Gasteiger partial charge in [0.1, 0.15) is 5.82 Å². The lowest BCUT2D eigenvalue weighted by molar-refractivity contribution is -0.143. The molecule has 0 saturated heterocycles. The molecule has 0 aliphatic rings. The number of benzene rings is 1. The molecule has 0 amide bonds. The van der Waals surface area contributed by atoms with E-state index < -0.39 is 0 Å². The normalized spacial score (nSPS) is 12.2. The molecule has 1 aromatic carbocycles. The molecule has 1 rings (SSSR count). The third-order valence-corrected chi connectivity index (χ3v) is 2.81. The van der Waals surface area contributed by atoms with Crippen molar-refractivity contribution in [3.63, 3.8) is 0 Å². The van der Waals surface area contributed by atoms with Gasteiger partial charge in [-0.25, -0.2) is 4.39 Å². The van der Waals surface area contributed by atoms with E-state index in [1.807, 2.05) is 0 Å². The predicted molar refractivity (Wildman–Crippen MR) is 68.5 cm³/mol. The molecule has 0 saturated carbocycles. The summed E-state index contributed by atoms with van der Waals surface area (Å²) in [7, 11) is 0. The van der Waals surface area contributed by atoms with Crippen LogP contribution < -0.4 is 5.73 Å². The van der Waals surface area contributed by atoms with Crippen LogP contribution in [0.2, 0.25) is 0 Å². The van der Waals surface area contributed by atoms with Gasteiger partial charge in [-0.3, -0.25) is 4.79 Å². The predicted octanol–water partition coefficient (Wildman–Crippen LogP) is 2.87. The Morgan fingerprint density at radius 2 is 2.22 bits per heavy atom. The molecule has 0 bridgehead atoms. The lowest BCUT2D eigenvalue weighted by Crippen LogP contribution is -2.12. The highest BCUT2D eigenvalue weighted by atomic mass is 19.1. The molecule has 1 aromatic rings. The van der Waals surface area contributed by atoms with Crippen LogP contribution in [0, 0.1) is 12.7 Å². The van der Waals surface area contributed by atoms with Crippen molar-refractivity contribution in [2.75, 3.05) is 6.61 Å². The van der Waals surface area contributed by atoms with E-state index >= 15 is 0 Å². The van der Waals surface area contributed by atoms with E-state index in [0.29, 0.717) is 31.4 Å². The quantitative estimate of drug-likeness (QED) is 0.793. The molecule has 3 nitrogen and oxygen atoms in total. The Balaban J connectivity index is 2.43. The average Bonchev–Trinajstić information content (AvgIpc) is 2.33. The van der Waals surface area contributed by atoms with Gasteiger partial charge in [0.15, 0.2) is 0 Å². The number of carbonyl (C=O) groups is 1. The fraction of sp³-hybridized carbons (Fsp3) is 0.500. The van der Waals surface area contributed by atoms with Gasteiger partial charge >= 0.3 is 5.97 Å². The summed E-state index contributed by atoms with van der Waals surface area (Å²) in [5, 5.41) is 0. The van der Waals surface area contributed by atoms with Crippen LogP contribution in [0.1, 0.15) is 43.4 Å². The van der Waals surface area contributed by atoms with Gasteiger partial charge in [-0.15, -0.1) is 0 Å². The first-order chi connectivity index (χ1) is 8.54. The highest BCUT2D eigenvalue weighted by molar-refractivity contribution is 5.69. The lowest BCUT2D eigenvalue weighted by Gasteiger charge is -2.12. The van der Waals surface area contributed by atoms with Gasteiger partial charge in [-0.05, 0) is 43.9 Å². The van der Waals surface area contributed by atoms with Gasteiger partial charge < -0.3 is 10.5 Å². The molecule has 1 unspecified atom stereocenters.